The second-order valence-electron chi connectivity index (χ2n) is 2.89. The molecule has 2 nitrogen and oxygen atoms in total. The van der Waals surface area contributed by atoms with Crippen molar-refractivity contribution in [1.29, 1.82) is 0 Å². The van der Waals surface area contributed by atoms with E-state index in [1.165, 1.54) is 0 Å². The molecule has 2 aromatic rings. The van der Waals surface area contributed by atoms with E-state index in [0.29, 0.717) is 5.56 Å². The number of benzene rings is 1. The molecule has 2 rings (SSSR count). The van der Waals surface area contributed by atoms with E-state index in [1.54, 1.807) is 30.5 Å². The molecule has 0 spiro atoms. The Morgan fingerprint density at radius 2 is 2.23 bits per heavy atom. The molecule has 1 atom stereocenters. The van der Waals surface area contributed by atoms with E-state index in [1.807, 2.05) is 0 Å². The summed E-state index contributed by atoms with van der Waals surface area (Å²) in [6.45, 7) is -0.761. The van der Waals surface area contributed by atoms with Crippen molar-refractivity contribution >= 4 is 11.0 Å². The fourth-order valence-electron chi connectivity index (χ4n) is 1.28. The molecule has 3 heteroatoms. The number of rotatable bonds is 2. The van der Waals surface area contributed by atoms with Crippen LogP contribution in [0.15, 0.2) is 34.9 Å². The van der Waals surface area contributed by atoms with Gasteiger partial charge in [-0.25, -0.2) is 4.39 Å². The summed E-state index contributed by atoms with van der Waals surface area (Å²) in [5.74, 6) is 0. The first kappa shape index (κ1) is 8.26. The predicted molar refractivity (Wildman–Crippen MR) is 47.1 cm³/mol. The third-order valence-electron chi connectivity index (χ3n) is 2.01. The number of fused-ring (bicyclic) bond motifs is 1. The summed E-state index contributed by atoms with van der Waals surface area (Å²) >= 11 is 0. The maximum Gasteiger partial charge on any atom is 0.133 e. The highest BCUT2D eigenvalue weighted by Crippen LogP contribution is 2.21. The van der Waals surface area contributed by atoms with Gasteiger partial charge in [0.2, 0.25) is 0 Å². The van der Waals surface area contributed by atoms with Crippen LogP contribution in [0.2, 0.25) is 0 Å². The molecule has 0 amide bonds. The molecule has 0 radical (unpaired) electrons. The fourth-order valence-corrected chi connectivity index (χ4v) is 1.28. The molecule has 0 bridgehead atoms. The van der Waals surface area contributed by atoms with Gasteiger partial charge in [-0.1, -0.05) is 6.07 Å². The Labute approximate surface area is 74.6 Å². The summed E-state index contributed by atoms with van der Waals surface area (Å²) in [5, 5.41) is 10.1. The van der Waals surface area contributed by atoms with E-state index < -0.39 is 12.8 Å². The topological polar surface area (TPSA) is 33.4 Å². The van der Waals surface area contributed by atoms with Gasteiger partial charge in [0.25, 0.3) is 0 Å². The smallest absolute Gasteiger partial charge is 0.133 e. The largest absolute Gasteiger partial charge is 0.464 e. The van der Waals surface area contributed by atoms with Gasteiger partial charge in [0.05, 0.1) is 6.26 Å². The second kappa shape index (κ2) is 3.18. The lowest BCUT2D eigenvalue weighted by Crippen LogP contribution is -1.98. The molecule has 0 saturated heterocycles. The molecule has 13 heavy (non-hydrogen) atoms. The number of aliphatic hydroxyl groups excluding tert-OH is 1. The van der Waals surface area contributed by atoms with Crippen molar-refractivity contribution in [1.82, 2.24) is 0 Å². The first-order valence-electron chi connectivity index (χ1n) is 4.02. The summed E-state index contributed by atoms with van der Waals surface area (Å²) in [6.07, 6.45) is 0.537. The van der Waals surface area contributed by atoms with Crippen LogP contribution in [-0.2, 0) is 0 Å². The predicted octanol–water partition coefficient (Wildman–Crippen LogP) is 2.44. The van der Waals surface area contributed by atoms with Gasteiger partial charge in [0.15, 0.2) is 0 Å². The van der Waals surface area contributed by atoms with Gasteiger partial charge in [-0.05, 0) is 23.8 Å². The van der Waals surface area contributed by atoms with E-state index >= 15 is 0 Å². The monoisotopic (exact) mass is 180 g/mol. The molecular formula is C10H9FO2. The van der Waals surface area contributed by atoms with Crippen molar-refractivity contribution in [2.75, 3.05) is 6.67 Å². The molecule has 0 saturated carbocycles. The zero-order valence-corrected chi connectivity index (χ0v) is 6.90. The maximum absolute atomic E-state index is 12.1. The zero-order valence-electron chi connectivity index (χ0n) is 6.90. The first-order valence-corrected chi connectivity index (χ1v) is 4.02. The van der Waals surface area contributed by atoms with E-state index in [9.17, 15) is 9.50 Å². The number of alkyl halides is 1. The highest BCUT2D eigenvalue weighted by Gasteiger charge is 2.07. The Bertz CT molecular complexity index is 408. The molecule has 1 aromatic carbocycles. The van der Waals surface area contributed by atoms with Crippen molar-refractivity contribution < 1.29 is 13.9 Å². The van der Waals surface area contributed by atoms with Crippen molar-refractivity contribution in [3.8, 4) is 0 Å². The third kappa shape index (κ3) is 1.42. The van der Waals surface area contributed by atoms with Crippen molar-refractivity contribution in [2.45, 2.75) is 6.10 Å². The lowest BCUT2D eigenvalue weighted by atomic mass is 10.1. The van der Waals surface area contributed by atoms with E-state index in [-0.39, 0.29) is 0 Å². The van der Waals surface area contributed by atoms with Crippen LogP contribution in [0.1, 0.15) is 11.7 Å². The number of halogens is 1. The lowest BCUT2D eigenvalue weighted by Gasteiger charge is -2.04. The normalized spacial score (nSPS) is 13.4. The van der Waals surface area contributed by atoms with Gasteiger partial charge in [-0.3, -0.25) is 0 Å². The summed E-state index contributed by atoms with van der Waals surface area (Å²) in [7, 11) is 0. The molecule has 0 fully saturated rings. The zero-order chi connectivity index (χ0) is 9.26. The van der Waals surface area contributed by atoms with Gasteiger partial charge in [-0.15, -0.1) is 0 Å². The van der Waals surface area contributed by atoms with Crippen LogP contribution < -0.4 is 0 Å². The third-order valence-corrected chi connectivity index (χ3v) is 2.01. The average Bonchev–Trinajstić information content (AvgIpc) is 2.63. The highest BCUT2D eigenvalue weighted by atomic mass is 19.1. The van der Waals surface area contributed by atoms with Gasteiger partial charge >= 0.3 is 0 Å². The van der Waals surface area contributed by atoms with E-state index in [0.717, 1.165) is 11.0 Å². The van der Waals surface area contributed by atoms with Gasteiger partial charge in [-0.2, -0.15) is 0 Å². The van der Waals surface area contributed by atoms with Crippen LogP contribution in [-0.4, -0.2) is 11.8 Å². The van der Waals surface area contributed by atoms with Crippen LogP contribution in [0, 0.1) is 0 Å². The summed E-state index contributed by atoms with van der Waals surface area (Å²) in [5.41, 5.74) is 1.33. The Morgan fingerprint density at radius 3 is 3.00 bits per heavy atom. The lowest BCUT2D eigenvalue weighted by molar-refractivity contribution is 0.142. The number of hydrogen-bond acceptors (Lipinski definition) is 2. The standard InChI is InChI=1S/C10H9FO2/c11-6-9(12)7-1-2-10-8(5-7)3-4-13-10/h1-5,9,12H,6H2. The van der Waals surface area contributed by atoms with Gasteiger partial charge < -0.3 is 9.52 Å². The summed E-state index contributed by atoms with van der Waals surface area (Å²) in [6, 6.07) is 6.90. The van der Waals surface area contributed by atoms with Crippen LogP contribution in [0.5, 0.6) is 0 Å². The van der Waals surface area contributed by atoms with Crippen LogP contribution in [0.4, 0.5) is 4.39 Å². The number of hydrogen-bond donors (Lipinski definition) is 1. The minimum atomic E-state index is -1.03. The Balaban J connectivity index is 2.48. The van der Waals surface area contributed by atoms with Gasteiger partial charge in [0, 0.05) is 5.39 Å². The molecule has 68 valence electrons. The van der Waals surface area contributed by atoms with Crippen molar-refractivity contribution in [3.63, 3.8) is 0 Å². The fraction of sp³-hybridized carbons (Fsp3) is 0.200. The average molecular weight is 180 g/mol. The number of furan rings is 1. The molecule has 0 aliphatic heterocycles. The van der Waals surface area contributed by atoms with E-state index in [2.05, 4.69) is 0 Å². The number of aliphatic hydroxyl groups is 1. The van der Waals surface area contributed by atoms with Crippen molar-refractivity contribution in [3.05, 3.63) is 36.1 Å². The molecule has 0 aliphatic carbocycles. The molecule has 1 unspecified atom stereocenters. The molecule has 1 heterocycles. The summed E-state index contributed by atoms with van der Waals surface area (Å²) in [4.78, 5) is 0. The van der Waals surface area contributed by atoms with E-state index in [4.69, 9.17) is 4.42 Å². The molecule has 1 aromatic heterocycles. The second-order valence-corrected chi connectivity index (χ2v) is 2.89. The Morgan fingerprint density at radius 1 is 1.38 bits per heavy atom. The highest BCUT2D eigenvalue weighted by molar-refractivity contribution is 5.77. The SMILES string of the molecule is OC(CF)c1ccc2occc2c1. The van der Waals surface area contributed by atoms with Crippen LogP contribution >= 0.6 is 0 Å². The maximum atomic E-state index is 12.1. The quantitative estimate of drug-likeness (QED) is 0.769. The molecule has 0 aliphatic rings. The van der Waals surface area contributed by atoms with Crippen LogP contribution in [0.3, 0.4) is 0 Å². The Hall–Kier alpha value is -1.35. The first-order chi connectivity index (χ1) is 6.31. The van der Waals surface area contributed by atoms with Crippen molar-refractivity contribution in [2.24, 2.45) is 0 Å². The minimum Gasteiger partial charge on any atom is -0.464 e. The summed E-state index contributed by atoms with van der Waals surface area (Å²) < 4.78 is 17.2. The Kier molecular flexibility index (Phi) is 2.02. The van der Waals surface area contributed by atoms with Crippen LogP contribution in [0.25, 0.3) is 11.0 Å². The molecule has 1 N–H and O–H groups in total. The minimum absolute atomic E-state index is 0.580. The van der Waals surface area contributed by atoms with Gasteiger partial charge in [0.1, 0.15) is 18.4 Å². The molecular weight excluding hydrogens is 171 g/mol.